The van der Waals surface area contributed by atoms with Gasteiger partial charge in [-0.15, -0.1) is 0 Å². The number of nitrogens with zero attached hydrogens (tertiary/aromatic N) is 4. The summed E-state index contributed by atoms with van der Waals surface area (Å²) in [5.74, 6) is 0.749. The smallest absolute Gasteiger partial charge is 0.159 e. The van der Waals surface area contributed by atoms with E-state index in [-0.39, 0.29) is 5.48 Å². The second-order valence-corrected chi connectivity index (χ2v) is 4.77. The van der Waals surface area contributed by atoms with Gasteiger partial charge in [-0.25, -0.2) is 15.0 Å². The van der Waals surface area contributed by atoms with Crippen molar-refractivity contribution < 1.29 is 5.48 Å². The number of aromatic nitrogens is 4. The summed E-state index contributed by atoms with van der Waals surface area (Å²) in [4.78, 5) is 13.2. The largest absolute Gasteiger partial charge is 0.412 e. The first-order valence-electron chi connectivity index (χ1n) is 6.71. The average Bonchev–Trinajstić information content (AvgIpc) is 3.09. The van der Waals surface area contributed by atoms with Gasteiger partial charge in [0.15, 0.2) is 5.82 Å². The van der Waals surface area contributed by atoms with Crippen molar-refractivity contribution in [3.8, 4) is 17.1 Å². The molecular weight excluding hydrogens is 276 g/mol. The van der Waals surface area contributed by atoms with Crippen LogP contribution in [0.25, 0.3) is 28.0 Å². The lowest BCUT2D eigenvalue weighted by Crippen LogP contribution is -1.93. The zero-order chi connectivity index (χ0) is 14.1. The lowest BCUT2D eigenvalue weighted by molar-refractivity contribution is 0.824. The van der Waals surface area contributed by atoms with Crippen LogP contribution in [0.5, 0.6) is 0 Å². The zero-order valence-corrected chi connectivity index (χ0v) is 11.7. The van der Waals surface area contributed by atoms with Gasteiger partial charge in [-0.2, -0.15) is 0 Å². The summed E-state index contributed by atoms with van der Waals surface area (Å²) in [6.45, 7) is 0. The SMILES string of the molecule is O.c1ccc(-c2ncc3cc(-n4ccnc4)ccc3n2)cc1. The number of rotatable bonds is 2. The highest BCUT2D eigenvalue weighted by Crippen LogP contribution is 2.20. The van der Waals surface area contributed by atoms with Gasteiger partial charge in [0.05, 0.1) is 11.8 Å². The van der Waals surface area contributed by atoms with Crippen LogP contribution >= 0.6 is 0 Å². The molecule has 2 heterocycles. The molecule has 0 unspecified atom stereocenters. The summed E-state index contributed by atoms with van der Waals surface area (Å²) in [6.07, 6.45) is 7.32. The molecule has 0 bridgehead atoms. The molecule has 22 heavy (non-hydrogen) atoms. The van der Waals surface area contributed by atoms with Crippen molar-refractivity contribution in [3.05, 3.63) is 73.4 Å². The van der Waals surface area contributed by atoms with Crippen molar-refractivity contribution in [2.24, 2.45) is 0 Å². The molecule has 0 aliphatic heterocycles. The highest BCUT2D eigenvalue weighted by molar-refractivity contribution is 5.81. The van der Waals surface area contributed by atoms with E-state index in [4.69, 9.17) is 0 Å². The monoisotopic (exact) mass is 290 g/mol. The Balaban J connectivity index is 0.00000144. The minimum atomic E-state index is 0. The molecule has 0 amide bonds. The van der Waals surface area contributed by atoms with Crippen molar-refractivity contribution in [2.75, 3.05) is 0 Å². The Bertz CT molecular complexity index is 889. The van der Waals surface area contributed by atoms with Crippen molar-refractivity contribution in [1.29, 1.82) is 0 Å². The molecule has 0 radical (unpaired) electrons. The van der Waals surface area contributed by atoms with Gasteiger partial charge in [0.1, 0.15) is 0 Å². The highest BCUT2D eigenvalue weighted by Gasteiger charge is 2.04. The molecule has 0 aliphatic carbocycles. The molecule has 5 nitrogen and oxygen atoms in total. The Morgan fingerprint density at radius 2 is 1.82 bits per heavy atom. The molecule has 2 aromatic heterocycles. The fourth-order valence-corrected chi connectivity index (χ4v) is 2.32. The minimum Gasteiger partial charge on any atom is -0.412 e. The van der Waals surface area contributed by atoms with E-state index in [1.54, 1.807) is 12.5 Å². The van der Waals surface area contributed by atoms with Crippen molar-refractivity contribution in [2.45, 2.75) is 0 Å². The maximum atomic E-state index is 4.63. The Morgan fingerprint density at radius 1 is 0.955 bits per heavy atom. The van der Waals surface area contributed by atoms with Crippen LogP contribution in [0, 0.1) is 0 Å². The number of imidazole rings is 1. The number of fused-ring (bicyclic) bond motifs is 1. The summed E-state index contributed by atoms with van der Waals surface area (Å²) in [5, 5.41) is 1.01. The Hall–Kier alpha value is -3.05. The van der Waals surface area contributed by atoms with Crippen LogP contribution in [0.3, 0.4) is 0 Å². The van der Waals surface area contributed by atoms with Gasteiger partial charge in [-0.1, -0.05) is 30.3 Å². The first kappa shape index (κ1) is 13.9. The lowest BCUT2D eigenvalue weighted by Gasteiger charge is -2.05. The van der Waals surface area contributed by atoms with E-state index >= 15 is 0 Å². The van der Waals surface area contributed by atoms with E-state index in [0.29, 0.717) is 0 Å². The Morgan fingerprint density at radius 3 is 2.59 bits per heavy atom. The van der Waals surface area contributed by atoms with Crippen LogP contribution in [0.1, 0.15) is 0 Å². The third kappa shape index (κ3) is 2.45. The van der Waals surface area contributed by atoms with Crippen molar-refractivity contribution in [1.82, 2.24) is 19.5 Å². The second-order valence-electron chi connectivity index (χ2n) is 4.77. The predicted octanol–water partition coefficient (Wildman–Crippen LogP) is 2.66. The summed E-state index contributed by atoms with van der Waals surface area (Å²) >= 11 is 0. The number of benzene rings is 2. The Labute approximate surface area is 127 Å². The third-order valence-corrected chi connectivity index (χ3v) is 3.40. The molecule has 2 aromatic carbocycles. The fraction of sp³-hybridized carbons (Fsp3) is 0. The summed E-state index contributed by atoms with van der Waals surface area (Å²) in [7, 11) is 0. The lowest BCUT2D eigenvalue weighted by atomic mass is 10.2. The quantitative estimate of drug-likeness (QED) is 0.569. The number of hydrogen-bond donors (Lipinski definition) is 0. The summed E-state index contributed by atoms with van der Waals surface area (Å²) < 4.78 is 1.96. The molecule has 4 rings (SSSR count). The van der Waals surface area contributed by atoms with Gasteiger partial charge in [0.2, 0.25) is 0 Å². The third-order valence-electron chi connectivity index (χ3n) is 3.40. The molecule has 5 heteroatoms. The van der Waals surface area contributed by atoms with Crippen molar-refractivity contribution in [3.63, 3.8) is 0 Å². The fourth-order valence-electron chi connectivity index (χ4n) is 2.32. The molecule has 0 atom stereocenters. The summed E-state index contributed by atoms with van der Waals surface area (Å²) in [6, 6.07) is 16.1. The van der Waals surface area contributed by atoms with E-state index in [0.717, 1.165) is 28.0 Å². The zero-order valence-electron chi connectivity index (χ0n) is 11.7. The van der Waals surface area contributed by atoms with Crippen LogP contribution in [0.15, 0.2) is 73.4 Å². The van der Waals surface area contributed by atoms with E-state index < -0.39 is 0 Å². The molecule has 0 saturated heterocycles. The van der Waals surface area contributed by atoms with Gasteiger partial charge < -0.3 is 10.0 Å². The standard InChI is InChI=1S/C17H12N4.H2O/c1-2-4-13(5-3-1)17-19-11-14-10-15(6-7-16(14)20-17)21-9-8-18-12-21;/h1-12H;1H2. The molecule has 0 saturated carbocycles. The summed E-state index contributed by atoms with van der Waals surface area (Å²) in [5.41, 5.74) is 3.02. The second kappa shape index (κ2) is 5.75. The van der Waals surface area contributed by atoms with E-state index in [1.807, 2.05) is 59.4 Å². The maximum absolute atomic E-state index is 4.63. The highest BCUT2D eigenvalue weighted by atomic mass is 16.0. The van der Waals surface area contributed by atoms with Gasteiger partial charge in [-0.05, 0) is 18.2 Å². The van der Waals surface area contributed by atoms with Gasteiger partial charge in [0.25, 0.3) is 0 Å². The normalized spacial score (nSPS) is 10.4. The Kier molecular flexibility index (Phi) is 3.64. The van der Waals surface area contributed by atoms with Crippen LogP contribution in [-0.4, -0.2) is 25.0 Å². The van der Waals surface area contributed by atoms with E-state index in [1.165, 1.54) is 0 Å². The number of hydrogen-bond acceptors (Lipinski definition) is 3. The van der Waals surface area contributed by atoms with Crippen LogP contribution in [0.2, 0.25) is 0 Å². The van der Waals surface area contributed by atoms with Crippen molar-refractivity contribution >= 4 is 10.9 Å². The first-order chi connectivity index (χ1) is 10.4. The molecule has 0 aliphatic rings. The molecule has 0 spiro atoms. The molecule has 0 fully saturated rings. The van der Waals surface area contributed by atoms with Crippen LogP contribution < -0.4 is 0 Å². The molecule has 4 aromatic rings. The predicted molar refractivity (Wildman–Crippen MR) is 85.7 cm³/mol. The topological polar surface area (TPSA) is 75.1 Å². The van der Waals surface area contributed by atoms with E-state index in [2.05, 4.69) is 21.0 Å². The molecule has 2 N–H and O–H groups in total. The van der Waals surface area contributed by atoms with Crippen LogP contribution in [-0.2, 0) is 0 Å². The maximum Gasteiger partial charge on any atom is 0.159 e. The van der Waals surface area contributed by atoms with Gasteiger partial charge in [0, 0.05) is 35.2 Å². The molecule has 108 valence electrons. The minimum absolute atomic E-state index is 0. The van der Waals surface area contributed by atoms with Gasteiger partial charge in [-0.3, -0.25) is 0 Å². The molecular formula is C17H14N4O. The van der Waals surface area contributed by atoms with E-state index in [9.17, 15) is 0 Å². The van der Waals surface area contributed by atoms with Crippen LogP contribution in [0.4, 0.5) is 0 Å². The van der Waals surface area contributed by atoms with Gasteiger partial charge >= 0.3 is 0 Å². The average molecular weight is 290 g/mol. The first-order valence-corrected chi connectivity index (χ1v) is 6.71.